The molecule has 10 heteroatoms. The van der Waals surface area contributed by atoms with Gasteiger partial charge >= 0.3 is 6.03 Å². The van der Waals surface area contributed by atoms with Gasteiger partial charge in [0.2, 0.25) is 5.95 Å². The molecule has 4 rings (SSSR count). The molecule has 148 valence electrons. The Hall–Kier alpha value is -3.14. The zero-order valence-electron chi connectivity index (χ0n) is 16.0. The third kappa shape index (κ3) is 2.76. The quantitative estimate of drug-likeness (QED) is 0.786. The van der Waals surface area contributed by atoms with Crippen LogP contribution in [-0.2, 0) is 9.53 Å². The van der Waals surface area contributed by atoms with Crippen LogP contribution >= 0.6 is 0 Å². The normalized spacial score (nSPS) is 20.8. The molecule has 0 aliphatic carbocycles. The van der Waals surface area contributed by atoms with Crippen LogP contribution in [0.25, 0.3) is 11.4 Å². The van der Waals surface area contributed by atoms with Gasteiger partial charge in [-0.1, -0.05) is 0 Å². The van der Waals surface area contributed by atoms with Gasteiger partial charge < -0.3 is 19.3 Å². The summed E-state index contributed by atoms with van der Waals surface area (Å²) < 4.78 is 12.5. The number of rotatable bonds is 6. The third-order valence-corrected chi connectivity index (χ3v) is 4.99. The highest BCUT2D eigenvalue weighted by Gasteiger charge is 2.52. The molecule has 2 aliphatic heterocycles. The summed E-state index contributed by atoms with van der Waals surface area (Å²) in [4.78, 5) is 28.2. The Bertz CT molecular complexity index is 896. The maximum atomic E-state index is 12.6. The fourth-order valence-corrected chi connectivity index (χ4v) is 3.69. The van der Waals surface area contributed by atoms with Gasteiger partial charge in [0.25, 0.3) is 5.91 Å². The molecule has 0 bridgehead atoms. The van der Waals surface area contributed by atoms with Gasteiger partial charge in [-0.2, -0.15) is 0 Å². The lowest BCUT2D eigenvalue weighted by atomic mass is 10.1. The SMILES string of the molecule is CCOc1ccc(-c2nnc3n2C2C(C(=O)NC(=O)N2C)N3CCOC)cc1. The first-order valence-electron chi connectivity index (χ1n) is 9.08. The van der Waals surface area contributed by atoms with Gasteiger partial charge in [0.15, 0.2) is 11.9 Å². The summed E-state index contributed by atoms with van der Waals surface area (Å²) in [5, 5.41) is 11.1. The Kier molecular flexibility index (Phi) is 4.63. The van der Waals surface area contributed by atoms with Crippen LogP contribution < -0.4 is 15.0 Å². The summed E-state index contributed by atoms with van der Waals surface area (Å²) in [6, 6.07) is 6.46. The van der Waals surface area contributed by atoms with Crippen molar-refractivity contribution in [2.75, 3.05) is 38.8 Å². The summed E-state index contributed by atoms with van der Waals surface area (Å²) in [7, 11) is 3.26. The van der Waals surface area contributed by atoms with Crippen molar-refractivity contribution in [3.63, 3.8) is 0 Å². The lowest BCUT2D eigenvalue weighted by Crippen LogP contribution is -2.61. The van der Waals surface area contributed by atoms with E-state index in [0.717, 1.165) is 11.3 Å². The molecule has 1 fully saturated rings. The third-order valence-electron chi connectivity index (χ3n) is 4.99. The minimum Gasteiger partial charge on any atom is -0.494 e. The van der Waals surface area contributed by atoms with E-state index in [1.54, 1.807) is 14.2 Å². The van der Waals surface area contributed by atoms with E-state index in [1.807, 2.05) is 40.7 Å². The topological polar surface area (TPSA) is 102 Å². The first kappa shape index (κ1) is 18.2. The average molecular weight is 386 g/mol. The largest absolute Gasteiger partial charge is 0.494 e. The number of nitrogens with one attached hydrogen (secondary N) is 1. The Labute approximate surface area is 162 Å². The number of nitrogens with zero attached hydrogens (tertiary/aromatic N) is 5. The number of aromatic nitrogens is 3. The molecule has 1 N–H and O–H groups in total. The number of benzene rings is 1. The van der Waals surface area contributed by atoms with Crippen molar-refractivity contribution in [3.05, 3.63) is 24.3 Å². The van der Waals surface area contributed by atoms with Crippen LogP contribution in [0.15, 0.2) is 24.3 Å². The Morgan fingerprint density at radius 2 is 1.93 bits per heavy atom. The van der Waals surface area contributed by atoms with Crippen LogP contribution in [0.2, 0.25) is 0 Å². The zero-order valence-corrected chi connectivity index (χ0v) is 16.0. The molecule has 10 nitrogen and oxygen atoms in total. The number of imide groups is 1. The number of fused-ring (bicyclic) bond motifs is 3. The van der Waals surface area contributed by atoms with Crippen molar-refractivity contribution in [1.29, 1.82) is 0 Å². The van der Waals surface area contributed by atoms with Crippen LogP contribution in [0.3, 0.4) is 0 Å². The summed E-state index contributed by atoms with van der Waals surface area (Å²) in [6.45, 7) is 3.38. The van der Waals surface area contributed by atoms with E-state index < -0.39 is 18.2 Å². The van der Waals surface area contributed by atoms with Crippen LogP contribution in [0.1, 0.15) is 13.1 Å². The van der Waals surface area contributed by atoms with Gasteiger partial charge in [-0.25, -0.2) is 4.79 Å². The first-order chi connectivity index (χ1) is 13.6. The molecule has 2 unspecified atom stereocenters. The minimum absolute atomic E-state index is 0.354. The van der Waals surface area contributed by atoms with Crippen molar-refractivity contribution in [2.45, 2.75) is 19.1 Å². The number of carbonyl (C=O) groups is 2. The van der Waals surface area contributed by atoms with Gasteiger partial charge in [0.1, 0.15) is 11.9 Å². The van der Waals surface area contributed by atoms with Gasteiger partial charge in [0, 0.05) is 26.3 Å². The molecule has 3 heterocycles. The van der Waals surface area contributed by atoms with Gasteiger partial charge in [-0.3, -0.25) is 14.7 Å². The first-order valence-corrected chi connectivity index (χ1v) is 9.08. The fourth-order valence-electron chi connectivity index (χ4n) is 3.69. The van der Waals surface area contributed by atoms with E-state index in [-0.39, 0.29) is 5.91 Å². The lowest BCUT2D eigenvalue weighted by molar-refractivity contribution is -0.124. The number of amides is 3. The maximum absolute atomic E-state index is 12.6. The Morgan fingerprint density at radius 3 is 2.61 bits per heavy atom. The molecule has 1 saturated heterocycles. The van der Waals surface area contributed by atoms with Crippen LogP contribution in [0, 0.1) is 0 Å². The fraction of sp³-hybridized carbons (Fsp3) is 0.444. The molecule has 0 radical (unpaired) electrons. The van der Waals surface area contributed by atoms with Crippen molar-refractivity contribution in [2.24, 2.45) is 0 Å². The van der Waals surface area contributed by atoms with E-state index in [4.69, 9.17) is 9.47 Å². The Balaban J connectivity index is 1.78. The van der Waals surface area contributed by atoms with Crippen LogP contribution in [-0.4, -0.2) is 71.6 Å². The number of hydrogen-bond acceptors (Lipinski definition) is 7. The molecule has 0 saturated carbocycles. The van der Waals surface area contributed by atoms with E-state index in [1.165, 1.54) is 4.90 Å². The standard InChI is InChI=1S/C18H22N6O4/c1-4-28-12-7-5-11(6-8-12)14-20-21-17-23(9-10-27-3)13-15(25)19-18(26)22(2)16(13)24(14)17/h5-8,13,16H,4,9-10H2,1-3H3,(H,19,25,26). The van der Waals surface area contributed by atoms with Gasteiger partial charge in [0.05, 0.1) is 13.2 Å². The Morgan fingerprint density at radius 1 is 1.18 bits per heavy atom. The highest BCUT2D eigenvalue weighted by atomic mass is 16.5. The number of urea groups is 1. The average Bonchev–Trinajstić information content (AvgIpc) is 3.24. The summed E-state index contributed by atoms with van der Waals surface area (Å²) >= 11 is 0. The van der Waals surface area contributed by atoms with E-state index in [0.29, 0.717) is 31.5 Å². The highest BCUT2D eigenvalue weighted by Crippen LogP contribution is 2.40. The monoisotopic (exact) mass is 386 g/mol. The van der Waals surface area contributed by atoms with Crippen molar-refractivity contribution >= 4 is 17.9 Å². The molecule has 2 aromatic rings. The minimum atomic E-state index is -0.593. The zero-order chi connectivity index (χ0) is 19.8. The molecular formula is C18H22N6O4. The molecule has 1 aromatic carbocycles. The van der Waals surface area contributed by atoms with Crippen LogP contribution in [0.5, 0.6) is 5.75 Å². The van der Waals surface area contributed by atoms with E-state index in [9.17, 15) is 9.59 Å². The number of carbonyl (C=O) groups excluding carboxylic acids is 2. The smallest absolute Gasteiger partial charge is 0.325 e. The maximum Gasteiger partial charge on any atom is 0.325 e. The number of hydrogen-bond donors (Lipinski definition) is 1. The summed E-state index contributed by atoms with van der Waals surface area (Å²) in [5.41, 5.74) is 0.821. The van der Waals surface area contributed by atoms with E-state index >= 15 is 0 Å². The number of anilines is 1. The molecule has 28 heavy (non-hydrogen) atoms. The number of methoxy groups -OCH3 is 1. The van der Waals surface area contributed by atoms with Crippen molar-refractivity contribution in [3.8, 4) is 17.1 Å². The predicted molar refractivity (Wildman–Crippen MR) is 100.0 cm³/mol. The molecule has 1 aromatic heterocycles. The van der Waals surface area contributed by atoms with Gasteiger partial charge in [-0.05, 0) is 31.2 Å². The molecule has 2 atom stereocenters. The molecular weight excluding hydrogens is 364 g/mol. The van der Waals surface area contributed by atoms with Crippen molar-refractivity contribution < 1.29 is 19.1 Å². The summed E-state index contributed by atoms with van der Waals surface area (Å²) in [6.07, 6.45) is -0.537. The van der Waals surface area contributed by atoms with E-state index in [2.05, 4.69) is 15.5 Å². The number of likely N-dealkylation sites (N-methyl/N-ethyl adjacent to an activating group) is 1. The van der Waals surface area contributed by atoms with Gasteiger partial charge in [-0.15, -0.1) is 10.2 Å². The van der Waals surface area contributed by atoms with Crippen molar-refractivity contribution in [1.82, 2.24) is 25.0 Å². The highest BCUT2D eigenvalue weighted by molar-refractivity contribution is 6.02. The number of ether oxygens (including phenoxy) is 2. The molecule has 0 spiro atoms. The molecule has 2 aliphatic rings. The second-order valence-electron chi connectivity index (χ2n) is 6.60. The second kappa shape index (κ2) is 7.12. The predicted octanol–water partition coefficient (Wildman–Crippen LogP) is 0.859. The molecule has 3 amide bonds. The van der Waals surface area contributed by atoms with Crippen LogP contribution in [0.4, 0.5) is 10.7 Å². The lowest BCUT2D eigenvalue weighted by Gasteiger charge is -2.36. The second-order valence-corrected chi connectivity index (χ2v) is 6.60. The summed E-state index contributed by atoms with van der Waals surface area (Å²) in [5.74, 6) is 1.53.